The van der Waals surface area contributed by atoms with Crippen molar-refractivity contribution in [3.63, 3.8) is 0 Å². The predicted octanol–water partition coefficient (Wildman–Crippen LogP) is 6.13. The number of amides is 1. The Hall–Kier alpha value is -1.37. The molecule has 0 bridgehead atoms. The van der Waals surface area contributed by atoms with Gasteiger partial charge in [-0.15, -0.1) is 0 Å². The van der Waals surface area contributed by atoms with Crippen LogP contribution in [0.25, 0.3) is 0 Å². The lowest BCUT2D eigenvalue weighted by Gasteiger charge is -2.40. The number of aliphatic hydroxyl groups excluding tert-OH is 6. The molecule has 10 nitrogen and oxygen atoms in total. The SMILES string of the molecule is CCCCCCCCC/C=C/CC/C=C/[C@@H](O)[C@H](CO[C@@H]1O[C@H](CO)[C@@H](O)[C@H](O)[C@H]1O)NC(=O)[C@H](O)CCCCCCCCCCCCCC. The van der Waals surface area contributed by atoms with Crippen molar-refractivity contribution >= 4 is 5.91 Å². The molecule has 1 aliphatic rings. The molecule has 0 aromatic heterocycles. The highest BCUT2D eigenvalue weighted by atomic mass is 16.7. The average Bonchev–Trinajstić information content (AvgIpc) is 3.11. The minimum absolute atomic E-state index is 0.306. The van der Waals surface area contributed by atoms with Crippen LogP contribution in [0.3, 0.4) is 0 Å². The Kier molecular flexibility index (Phi) is 29.1. The van der Waals surface area contributed by atoms with Crippen molar-refractivity contribution in [1.29, 1.82) is 0 Å². The Balaban J connectivity index is 2.54. The Morgan fingerprint density at radius 3 is 1.74 bits per heavy atom. The van der Waals surface area contributed by atoms with E-state index >= 15 is 0 Å². The third-order valence-corrected chi connectivity index (χ3v) is 9.64. The van der Waals surface area contributed by atoms with Gasteiger partial charge in [-0.05, 0) is 32.1 Å². The van der Waals surface area contributed by atoms with Gasteiger partial charge in [0, 0.05) is 0 Å². The van der Waals surface area contributed by atoms with Crippen molar-refractivity contribution in [2.45, 2.75) is 210 Å². The molecule has 1 heterocycles. The fraction of sp³-hybridized carbons (Fsp3) is 0.875. The number of ether oxygens (including phenoxy) is 2. The van der Waals surface area contributed by atoms with E-state index in [0.29, 0.717) is 19.3 Å². The molecule has 0 aromatic rings. The van der Waals surface area contributed by atoms with Crippen LogP contribution in [0.2, 0.25) is 0 Å². The van der Waals surface area contributed by atoms with Gasteiger partial charge in [-0.25, -0.2) is 0 Å². The van der Waals surface area contributed by atoms with Crippen molar-refractivity contribution in [1.82, 2.24) is 5.32 Å². The van der Waals surface area contributed by atoms with Crippen LogP contribution >= 0.6 is 0 Å². The Morgan fingerprint density at radius 1 is 0.680 bits per heavy atom. The molecule has 1 saturated heterocycles. The molecule has 0 radical (unpaired) electrons. The van der Waals surface area contributed by atoms with E-state index in [9.17, 15) is 35.4 Å². The molecule has 1 amide bonds. The number of carbonyl (C=O) groups is 1. The second-order valence-corrected chi connectivity index (χ2v) is 14.2. The predicted molar refractivity (Wildman–Crippen MR) is 199 cm³/mol. The summed E-state index contributed by atoms with van der Waals surface area (Å²) < 4.78 is 11.1. The minimum atomic E-state index is -1.61. The maximum Gasteiger partial charge on any atom is 0.249 e. The summed E-state index contributed by atoms with van der Waals surface area (Å²) >= 11 is 0. The summed E-state index contributed by atoms with van der Waals surface area (Å²) in [6, 6.07) is -0.990. The molecule has 0 unspecified atom stereocenters. The Morgan fingerprint density at radius 2 is 1.18 bits per heavy atom. The van der Waals surface area contributed by atoms with Gasteiger partial charge in [-0.1, -0.05) is 154 Å². The summed E-state index contributed by atoms with van der Waals surface area (Å²) in [6.07, 6.45) is 24.1. The largest absolute Gasteiger partial charge is 0.394 e. The zero-order valence-electron chi connectivity index (χ0n) is 31.5. The third-order valence-electron chi connectivity index (χ3n) is 9.64. The van der Waals surface area contributed by atoms with Crippen molar-refractivity contribution < 1.29 is 44.9 Å². The lowest BCUT2D eigenvalue weighted by molar-refractivity contribution is -0.302. The highest BCUT2D eigenvalue weighted by Gasteiger charge is 2.44. The summed E-state index contributed by atoms with van der Waals surface area (Å²) in [5, 5.41) is 64.3. The van der Waals surface area contributed by atoms with E-state index in [1.54, 1.807) is 6.08 Å². The zero-order chi connectivity index (χ0) is 36.8. The van der Waals surface area contributed by atoms with E-state index in [2.05, 4.69) is 31.3 Å². The standard InChI is InChI=1S/C40H75NO9/c1-3-5-7-9-11-13-15-17-19-20-22-24-26-28-33(43)32(31-49-40-38(47)37(46)36(45)35(30-42)50-40)41-39(48)34(44)29-27-25-23-21-18-16-14-12-10-8-6-4-2/h19-20,26,28,32-38,40,42-47H,3-18,21-25,27,29-31H2,1-2H3,(H,41,48)/b20-19+,28-26+/t32-,33+,34+,35+,36+,37-,38+,40+/m0/s1. The number of carbonyl (C=O) groups excluding carboxylic acids is 1. The van der Waals surface area contributed by atoms with Crippen molar-refractivity contribution in [3.8, 4) is 0 Å². The summed E-state index contributed by atoms with van der Waals surface area (Å²) in [6.45, 7) is 3.54. The van der Waals surface area contributed by atoms with Gasteiger partial charge in [0.2, 0.25) is 5.91 Å². The van der Waals surface area contributed by atoms with Crippen LogP contribution in [-0.2, 0) is 14.3 Å². The van der Waals surface area contributed by atoms with Crippen LogP contribution in [0.4, 0.5) is 0 Å². The summed E-state index contributed by atoms with van der Waals surface area (Å²) in [5.41, 5.74) is 0. The van der Waals surface area contributed by atoms with Gasteiger partial charge < -0.3 is 45.4 Å². The first kappa shape index (κ1) is 46.7. The normalized spacial score (nSPS) is 23.1. The van der Waals surface area contributed by atoms with Crippen molar-refractivity contribution in [2.24, 2.45) is 0 Å². The highest BCUT2D eigenvalue weighted by Crippen LogP contribution is 2.22. The molecule has 0 saturated carbocycles. The summed E-state index contributed by atoms with van der Waals surface area (Å²) in [7, 11) is 0. The number of aliphatic hydroxyl groups is 6. The van der Waals surface area contributed by atoms with Gasteiger partial charge >= 0.3 is 0 Å². The van der Waals surface area contributed by atoms with Crippen LogP contribution in [0, 0.1) is 0 Å². The van der Waals surface area contributed by atoms with Gasteiger partial charge in [-0.3, -0.25) is 4.79 Å². The number of unbranched alkanes of at least 4 members (excludes halogenated alkanes) is 19. The van der Waals surface area contributed by atoms with Crippen LogP contribution < -0.4 is 5.32 Å². The number of nitrogens with one attached hydrogen (secondary N) is 1. The molecule has 0 aliphatic carbocycles. The van der Waals surface area contributed by atoms with Gasteiger partial charge in [0.05, 0.1) is 25.4 Å². The van der Waals surface area contributed by atoms with Crippen LogP contribution in [-0.4, -0.2) is 98.7 Å². The zero-order valence-corrected chi connectivity index (χ0v) is 31.5. The van der Waals surface area contributed by atoms with Crippen molar-refractivity contribution in [3.05, 3.63) is 24.3 Å². The van der Waals surface area contributed by atoms with Gasteiger partial charge in [0.25, 0.3) is 0 Å². The first-order valence-electron chi connectivity index (χ1n) is 20.2. The lowest BCUT2D eigenvalue weighted by atomic mass is 9.99. The highest BCUT2D eigenvalue weighted by molar-refractivity contribution is 5.80. The minimum Gasteiger partial charge on any atom is -0.394 e. The quantitative estimate of drug-likeness (QED) is 0.0320. The molecule has 10 heteroatoms. The van der Waals surface area contributed by atoms with E-state index < -0.39 is 61.5 Å². The third kappa shape index (κ3) is 21.9. The van der Waals surface area contributed by atoms with Gasteiger partial charge in [0.1, 0.15) is 30.5 Å². The molecule has 1 rings (SSSR count). The maximum absolute atomic E-state index is 12.9. The molecule has 7 N–H and O–H groups in total. The average molecular weight is 714 g/mol. The van der Waals surface area contributed by atoms with Gasteiger partial charge in [0.15, 0.2) is 6.29 Å². The summed E-state index contributed by atoms with van der Waals surface area (Å²) in [4.78, 5) is 12.9. The van der Waals surface area contributed by atoms with Crippen molar-refractivity contribution in [2.75, 3.05) is 13.2 Å². The van der Waals surface area contributed by atoms with E-state index in [0.717, 1.165) is 32.1 Å². The van der Waals surface area contributed by atoms with E-state index in [4.69, 9.17) is 9.47 Å². The number of hydrogen-bond acceptors (Lipinski definition) is 9. The molecular weight excluding hydrogens is 638 g/mol. The second-order valence-electron chi connectivity index (χ2n) is 14.2. The lowest BCUT2D eigenvalue weighted by Crippen LogP contribution is -2.60. The smallest absolute Gasteiger partial charge is 0.249 e. The fourth-order valence-corrected chi connectivity index (χ4v) is 6.24. The topological polar surface area (TPSA) is 169 Å². The molecule has 0 spiro atoms. The number of allylic oxidation sites excluding steroid dienone is 3. The van der Waals surface area contributed by atoms with Crippen LogP contribution in [0.15, 0.2) is 24.3 Å². The summed E-state index contributed by atoms with van der Waals surface area (Å²) in [5.74, 6) is -0.628. The Labute approximate surface area is 303 Å². The molecular formula is C40H75NO9. The van der Waals surface area contributed by atoms with E-state index in [-0.39, 0.29) is 6.61 Å². The fourth-order valence-electron chi connectivity index (χ4n) is 6.24. The van der Waals surface area contributed by atoms with Crippen LogP contribution in [0.5, 0.6) is 0 Å². The number of rotatable bonds is 32. The molecule has 294 valence electrons. The molecule has 50 heavy (non-hydrogen) atoms. The van der Waals surface area contributed by atoms with Crippen LogP contribution in [0.1, 0.15) is 162 Å². The number of hydrogen-bond donors (Lipinski definition) is 7. The molecule has 0 aromatic carbocycles. The Bertz CT molecular complexity index is 855. The maximum atomic E-state index is 12.9. The van der Waals surface area contributed by atoms with Gasteiger partial charge in [-0.2, -0.15) is 0 Å². The molecule has 8 atom stereocenters. The first-order valence-corrected chi connectivity index (χ1v) is 20.2. The molecule has 1 aliphatic heterocycles. The first-order chi connectivity index (χ1) is 24.3. The second kappa shape index (κ2) is 31.2. The van der Waals surface area contributed by atoms with E-state index in [1.807, 2.05) is 6.08 Å². The monoisotopic (exact) mass is 714 g/mol. The molecule has 1 fully saturated rings. The van der Waals surface area contributed by atoms with E-state index in [1.165, 1.54) is 96.3 Å².